The average Bonchev–Trinajstić information content (AvgIpc) is 2.80. The minimum Gasteiger partial charge on any atom is -0.397 e. The van der Waals surface area contributed by atoms with Crippen molar-refractivity contribution in [2.24, 2.45) is 0 Å². The second-order valence-corrected chi connectivity index (χ2v) is 5.96. The van der Waals surface area contributed by atoms with E-state index in [9.17, 15) is 4.39 Å². The number of hydrogen-bond acceptors (Lipinski definition) is 3. The molecule has 98 valence electrons. The van der Waals surface area contributed by atoms with E-state index in [0.29, 0.717) is 16.2 Å². The zero-order chi connectivity index (χ0) is 12.7. The molecule has 3 nitrogen and oxygen atoms in total. The minimum atomic E-state index is -0.296. The van der Waals surface area contributed by atoms with Crippen LogP contribution in [0.3, 0.4) is 0 Å². The molecule has 2 aliphatic rings. The Kier molecular flexibility index (Phi) is 3.20. The van der Waals surface area contributed by atoms with Gasteiger partial charge in [0.15, 0.2) is 0 Å². The van der Waals surface area contributed by atoms with Crippen LogP contribution in [0.25, 0.3) is 0 Å². The molecule has 2 heterocycles. The summed E-state index contributed by atoms with van der Waals surface area (Å²) in [7, 11) is 0. The second kappa shape index (κ2) is 4.70. The fourth-order valence-corrected chi connectivity index (χ4v) is 3.37. The summed E-state index contributed by atoms with van der Waals surface area (Å²) >= 11 is 3.24. The Labute approximate surface area is 115 Å². The highest BCUT2D eigenvalue weighted by molar-refractivity contribution is 9.10. The SMILES string of the molecule is Nc1cc(F)c(Br)cc1N1CCN2CCCC2C1. The molecule has 2 N–H and O–H groups in total. The van der Waals surface area contributed by atoms with Crippen LogP contribution < -0.4 is 10.6 Å². The molecule has 1 atom stereocenters. The molecule has 1 aromatic rings. The van der Waals surface area contributed by atoms with Crippen LogP contribution in [0.4, 0.5) is 15.8 Å². The summed E-state index contributed by atoms with van der Waals surface area (Å²) in [6.07, 6.45) is 2.56. The minimum absolute atomic E-state index is 0.296. The highest BCUT2D eigenvalue weighted by Crippen LogP contribution is 2.32. The Morgan fingerprint density at radius 3 is 2.94 bits per heavy atom. The van der Waals surface area contributed by atoms with Crippen LogP contribution >= 0.6 is 15.9 Å². The van der Waals surface area contributed by atoms with Crippen molar-refractivity contribution in [2.45, 2.75) is 18.9 Å². The molecule has 2 aliphatic heterocycles. The van der Waals surface area contributed by atoms with Crippen molar-refractivity contribution in [3.8, 4) is 0 Å². The van der Waals surface area contributed by atoms with E-state index >= 15 is 0 Å². The van der Waals surface area contributed by atoms with Gasteiger partial charge in [0.25, 0.3) is 0 Å². The predicted molar refractivity (Wildman–Crippen MR) is 75.3 cm³/mol. The van der Waals surface area contributed by atoms with Crippen LogP contribution in [0.2, 0.25) is 0 Å². The number of nitrogen functional groups attached to an aromatic ring is 1. The number of benzene rings is 1. The molecule has 1 unspecified atom stereocenters. The van der Waals surface area contributed by atoms with E-state index in [4.69, 9.17) is 5.73 Å². The Hall–Kier alpha value is -0.810. The van der Waals surface area contributed by atoms with Crippen LogP contribution in [-0.2, 0) is 0 Å². The van der Waals surface area contributed by atoms with Crippen molar-refractivity contribution >= 4 is 27.3 Å². The van der Waals surface area contributed by atoms with E-state index in [1.165, 1.54) is 25.5 Å². The lowest BCUT2D eigenvalue weighted by molar-refractivity contribution is 0.231. The molecule has 1 aromatic carbocycles. The van der Waals surface area contributed by atoms with Crippen LogP contribution in [0.1, 0.15) is 12.8 Å². The summed E-state index contributed by atoms with van der Waals surface area (Å²) in [6, 6.07) is 3.84. The summed E-state index contributed by atoms with van der Waals surface area (Å²) in [5.41, 5.74) is 7.43. The number of fused-ring (bicyclic) bond motifs is 1. The predicted octanol–water partition coefficient (Wildman–Crippen LogP) is 2.45. The molecule has 0 bridgehead atoms. The van der Waals surface area contributed by atoms with Gasteiger partial charge in [0, 0.05) is 31.7 Å². The van der Waals surface area contributed by atoms with Crippen molar-refractivity contribution < 1.29 is 4.39 Å². The van der Waals surface area contributed by atoms with Gasteiger partial charge in [-0.15, -0.1) is 0 Å². The molecule has 0 saturated carbocycles. The van der Waals surface area contributed by atoms with Gasteiger partial charge in [-0.1, -0.05) is 0 Å². The van der Waals surface area contributed by atoms with Gasteiger partial charge in [0.05, 0.1) is 15.8 Å². The maximum Gasteiger partial charge on any atom is 0.139 e. The van der Waals surface area contributed by atoms with Crippen LogP contribution in [0, 0.1) is 5.82 Å². The van der Waals surface area contributed by atoms with Gasteiger partial charge in [-0.3, -0.25) is 4.90 Å². The number of nitrogens with zero attached hydrogens (tertiary/aromatic N) is 2. The van der Waals surface area contributed by atoms with Crippen molar-refractivity contribution in [2.75, 3.05) is 36.8 Å². The Bertz CT molecular complexity index is 466. The summed E-state index contributed by atoms with van der Waals surface area (Å²) in [4.78, 5) is 4.83. The van der Waals surface area contributed by atoms with E-state index in [-0.39, 0.29) is 5.82 Å². The first-order valence-electron chi connectivity index (χ1n) is 6.38. The molecule has 5 heteroatoms. The Morgan fingerprint density at radius 1 is 1.28 bits per heavy atom. The lowest BCUT2D eigenvalue weighted by atomic mass is 10.1. The van der Waals surface area contributed by atoms with E-state index in [2.05, 4.69) is 25.7 Å². The fraction of sp³-hybridized carbons (Fsp3) is 0.538. The van der Waals surface area contributed by atoms with Crippen molar-refractivity contribution in [3.05, 3.63) is 22.4 Å². The number of halogens is 2. The van der Waals surface area contributed by atoms with Gasteiger partial charge in [0.1, 0.15) is 5.82 Å². The number of rotatable bonds is 1. The summed E-state index contributed by atoms with van der Waals surface area (Å²) in [6.45, 7) is 4.28. The van der Waals surface area contributed by atoms with E-state index in [1.807, 2.05) is 0 Å². The molecule has 0 spiro atoms. The maximum atomic E-state index is 13.4. The zero-order valence-electron chi connectivity index (χ0n) is 10.2. The van der Waals surface area contributed by atoms with Crippen LogP contribution in [0.5, 0.6) is 0 Å². The number of hydrogen-bond donors (Lipinski definition) is 1. The maximum absolute atomic E-state index is 13.4. The van der Waals surface area contributed by atoms with E-state index in [0.717, 1.165) is 25.3 Å². The van der Waals surface area contributed by atoms with Gasteiger partial charge >= 0.3 is 0 Å². The molecular weight excluding hydrogens is 297 g/mol. The highest BCUT2D eigenvalue weighted by atomic mass is 79.9. The molecule has 3 rings (SSSR count). The molecule has 18 heavy (non-hydrogen) atoms. The van der Waals surface area contributed by atoms with Gasteiger partial charge in [-0.05, 0) is 41.4 Å². The monoisotopic (exact) mass is 313 g/mol. The first-order chi connectivity index (χ1) is 8.65. The summed E-state index contributed by atoms with van der Waals surface area (Å²) in [5, 5.41) is 0. The molecule has 2 fully saturated rings. The van der Waals surface area contributed by atoms with E-state index in [1.54, 1.807) is 6.07 Å². The Morgan fingerprint density at radius 2 is 2.11 bits per heavy atom. The summed E-state index contributed by atoms with van der Waals surface area (Å²) in [5.74, 6) is -0.296. The third kappa shape index (κ3) is 2.10. The van der Waals surface area contributed by atoms with Gasteiger partial charge < -0.3 is 10.6 Å². The Balaban J connectivity index is 1.84. The fourth-order valence-electron chi connectivity index (χ4n) is 3.04. The summed E-state index contributed by atoms with van der Waals surface area (Å²) < 4.78 is 13.9. The second-order valence-electron chi connectivity index (χ2n) is 5.10. The standard InChI is InChI=1S/C13H17BrFN3/c14-10-6-13(12(16)7-11(10)15)18-5-4-17-3-1-2-9(17)8-18/h6-7,9H,1-5,8,16H2. The third-order valence-corrected chi connectivity index (χ3v) is 4.61. The first kappa shape index (κ1) is 12.2. The molecule has 2 saturated heterocycles. The lowest BCUT2D eigenvalue weighted by Crippen LogP contribution is -2.50. The van der Waals surface area contributed by atoms with Gasteiger partial charge in [-0.25, -0.2) is 4.39 Å². The molecular formula is C13H17BrFN3. The largest absolute Gasteiger partial charge is 0.397 e. The first-order valence-corrected chi connectivity index (χ1v) is 7.18. The molecule has 0 aliphatic carbocycles. The van der Waals surface area contributed by atoms with Crippen molar-refractivity contribution in [1.29, 1.82) is 0 Å². The molecule has 0 radical (unpaired) electrons. The quantitative estimate of drug-likeness (QED) is 0.808. The smallest absolute Gasteiger partial charge is 0.139 e. The zero-order valence-corrected chi connectivity index (χ0v) is 11.8. The van der Waals surface area contributed by atoms with Gasteiger partial charge in [-0.2, -0.15) is 0 Å². The third-order valence-electron chi connectivity index (χ3n) is 4.00. The normalized spacial score (nSPS) is 24.3. The van der Waals surface area contributed by atoms with Gasteiger partial charge in [0.2, 0.25) is 0 Å². The van der Waals surface area contributed by atoms with Crippen LogP contribution in [0.15, 0.2) is 16.6 Å². The number of nitrogens with two attached hydrogens (primary N) is 1. The topological polar surface area (TPSA) is 32.5 Å². The number of piperazine rings is 1. The van der Waals surface area contributed by atoms with Crippen molar-refractivity contribution in [3.63, 3.8) is 0 Å². The van der Waals surface area contributed by atoms with E-state index < -0.39 is 0 Å². The number of anilines is 2. The van der Waals surface area contributed by atoms with Crippen molar-refractivity contribution in [1.82, 2.24) is 4.90 Å². The molecule has 0 amide bonds. The average molecular weight is 314 g/mol. The lowest BCUT2D eigenvalue weighted by Gasteiger charge is -2.39. The highest BCUT2D eigenvalue weighted by Gasteiger charge is 2.31. The van der Waals surface area contributed by atoms with Crippen LogP contribution in [-0.4, -0.2) is 37.1 Å². The molecule has 0 aromatic heterocycles.